The number of hydrogen-bond donors (Lipinski definition) is 3. The van der Waals surface area contributed by atoms with E-state index in [1.807, 2.05) is 54.6 Å². The molecule has 2 aromatic carbocycles. The van der Waals surface area contributed by atoms with Crippen LogP contribution in [0, 0.1) is 0 Å². The van der Waals surface area contributed by atoms with Crippen molar-refractivity contribution in [3.8, 4) is 22.3 Å². The molecule has 7 rings (SSSR count). The second kappa shape index (κ2) is 10.1. The lowest BCUT2D eigenvalue weighted by Gasteiger charge is -2.15. The Balaban J connectivity index is 1.58. The quantitative estimate of drug-likeness (QED) is 0.150. The molecule has 5 aromatic rings. The second-order valence-corrected chi connectivity index (χ2v) is 11.7. The van der Waals surface area contributed by atoms with Gasteiger partial charge in [-0.25, -0.2) is 9.78 Å². The summed E-state index contributed by atoms with van der Waals surface area (Å²) in [7, 11) is 1.38. The van der Waals surface area contributed by atoms with Crippen molar-refractivity contribution < 1.29 is 9.53 Å². The third-order valence-electron chi connectivity index (χ3n) is 8.07. The van der Waals surface area contributed by atoms with Crippen molar-refractivity contribution in [1.29, 1.82) is 0 Å². The standard InChI is InChI=1S/C36H31N5O2/c1-36(2)20-28-17-31-29(21-8-10-24(37)11-9-21)19-32(41-31)34(22-4-6-23(7-5-22)35(42)43-3)30-15-14-26(39-30)16-25-12-13-27(38-25)18-33(36)40-28/h4-19,38,41H,20,37H2,1-3H3. The number of ether oxygens (including phenoxy) is 1. The van der Waals surface area contributed by atoms with Gasteiger partial charge in [-0.15, -0.1) is 0 Å². The second-order valence-electron chi connectivity index (χ2n) is 11.7. The number of hydrogen-bond acceptors (Lipinski definition) is 5. The molecule has 8 bridgehead atoms. The van der Waals surface area contributed by atoms with Gasteiger partial charge >= 0.3 is 5.97 Å². The van der Waals surface area contributed by atoms with Crippen LogP contribution in [0.25, 0.3) is 56.5 Å². The van der Waals surface area contributed by atoms with Gasteiger partial charge in [0.15, 0.2) is 0 Å². The van der Waals surface area contributed by atoms with Crippen molar-refractivity contribution >= 4 is 45.9 Å². The number of fused-ring (bicyclic) bond motifs is 8. The van der Waals surface area contributed by atoms with Gasteiger partial charge in [-0.05, 0) is 83.9 Å². The Morgan fingerprint density at radius 2 is 1.53 bits per heavy atom. The van der Waals surface area contributed by atoms with Gasteiger partial charge in [0, 0.05) is 62.1 Å². The highest BCUT2D eigenvalue weighted by Crippen LogP contribution is 2.36. The molecular weight excluding hydrogens is 534 g/mol. The molecule has 43 heavy (non-hydrogen) atoms. The molecule has 2 aliphatic heterocycles. The normalized spacial score (nSPS) is 13.7. The number of benzene rings is 2. The van der Waals surface area contributed by atoms with Gasteiger partial charge in [0.25, 0.3) is 0 Å². The van der Waals surface area contributed by atoms with Crippen molar-refractivity contribution in [2.75, 3.05) is 12.8 Å². The zero-order chi connectivity index (χ0) is 29.7. The van der Waals surface area contributed by atoms with Crippen LogP contribution < -0.4 is 5.73 Å². The van der Waals surface area contributed by atoms with Crippen molar-refractivity contribution in [2.24, 2.45) is 0 Å². The fourth-order valence-electron chi connectivity index (χ4n) is 5.82. The molecule has 2 aliphatic rings. The monoisotopic (exact) mass is 565 g/mol. The largest absolute Gasteiger partial charge is 0.465 e. The van der Waals surface area contributed by atoms with Gasteiger partial charge in [0.1, 0.15) is 0 Å². The third kappa shape index (κ3) is 4.99. The van der Waals surface area contributed by atoms with Gasteiger partial charge in [-0.1, -0.05) is 38.1 Å². The summed E-state index contributed by atoms with van der Waals surface area (Å²) in [5, 5.41) is 0. The molecule has 7 nitrogen and oxygen atoms in total. The van der Waals surface area contributed by atoms with Crippen LogP contribution in [0.3, 0.4) is 0 Å². The molecular formula is C36H31N5O2. The number of nitrogens with one attached hydrogen (secondary N) is 2. The summed E-state index contributed by atoms with van der Waals surface area (Å²) in [6, 6.07) is 28.0. The summed E-state index contributed by atoms with van der Waals surface area (Å²) >= 11 is 0. The van der Waals surface area contributed by atoms with E-state index in [2.05, 4.69) is 54.1 Å². The minimum absolute atomic E-state index is 0.119. The van der Waals surface area contributed by atoms with Crippen LogP contribution >= 0.6 is 0 Å². The van der Waals surface area contributed by atoms with E-state index < -0.39 is 0 Å². The highest BCUT2D eigenvalue weighted by molar-refractivity contribution is 5.97. The van der Waals surface area contributed by atoms with Crippen molar-refractivity contribution in [3.05, 3.63) is 113 Å². The lowest BCUT2D eigenvalue weighted by atomic mass is 9.87. The Bertz CT molecular complexity index is 2080. The van der Waals surface area contributed by atoms with E-state index in [0.29, 0.717) is 11.3 Å². The van der Waals surface area contributed by atoms with Crippen LogP contribution in [0.1, 0.15) is 47.0 Å². The molecule has 5 heterocycles. The first-order chi connectivity index (χ1) is 20.8. The van der Waals surface area contributed by atoms with Crippen LogP contribution in [0.15, 0.2) is 84.9 Å². The number of carbonyl (C=O) groups excluding carboxylic acids is 1. The van der Waals surface area contributed by atoms with E-state index in [1.165, 1.54) is 7.11 Å². The van der Waals surface area contributed by atoms with Gasteiger partial charge < -0.3 is 20.4 Å². The minimum Gasteiger partial charge on any atom is -0.465 e. The number of nitrogens with two attached hydrogens (primary N) is 1. The molecule has 0 fully saturated rings. The van der Waals surface area contributed by atoms with Crippen LogP contribution in [-0.4, -0.2) is 33.0 Å². The smallest absolute Gasteiger partial charge is 0.337 e. The number of aromatic nitrogens is 4. The molecule has 0 aliphatic carbocycles. The average molecular weight is 566 g/mol. The number of rotatable bonds is 3. The minimum atomic E-state index is -0.376. The summed E-state index contributed by atoms with van der Waals surface area (Å²) in [5.41, 5.74) is 18.5. The fourth-order valence-corrected chi connectivity index (χ4v) is 5.82. The number of H-pyrrole nitrogens is 2. The average Bonchev–Trinajstić information content (AvgIpc) is 3.78. The van der Waals surface area contributed by atoms with E-state index in [0.717, 1.165) is 73.5 Å². The topological polar surface area (TPSA) is 110 Å². The lowest BCUT2D eigenvalue weighted by molar-refractivity contribution is 0.0600. The fraction of sp³-hybridized carbons (Fsp3) is 0.139. The molecule has 0 atom stereocenters. The lowest BCUT2D eigenvalue weighted by Crippen LogP contribution is -2.14. The van der Waals surface area contributed by atoms with Gasteiger partial charge in [-0.2, -0.15) is 0 Å². The van der Waals surface area contributed by atoms with E-state index in [9.17, 15) is 4.79 Å². The van der Waals surface area contributed by atoms with Crippen LogP contribution in [0.5, 0.6) is 0 Å². The molecule has 4 N–H and O–H groups in total. The molecule has 0 unspecified atom stereocenters. The third-order valence-corrected chi connectivity index (χ3v) is 8.07. The van der Waals surface area contributed by atoms with Crippen LogP contribution in [0.4, 0.5) is 5.69 Å². The summed E-state index contributed by atoms with van der Waals surface area (Å²) < 4.78 is 4.93. The van der Waals surface area contributed by atoms with Crippen molar-refractivity contribution in [3.63, 3.8) is 0 Å². The maximum absolute atomic E-state index is 12.2. The molecule has 212 valence electrons. The predicted molar refractivity (Wildman–Crippen MR) is 173 cm³/mol. The van der Waals surface area contributed by atoms with Gasteiger partial charge in [-0.3, -0.25) is 4.98 Å². The highest BCUT2D eigenvalue weighted by atomic mass is 16.5. The van der Waals surface area contributed by atoms with E-state index in [1.54, 1.807) is 12.1 Å². The van der Waals surface area contributed by atoms with Crippen molar-refractivity contribution in [1.82, 2.24) is 19.9 Å². The maximum Gasteiger partial charge on any atom is 0.337 e. The maximum atomic E-state index is 12.2. The molecule has 0 spiro atoms. The van der Waals surface area contributed by atoms with Crippen molar-refractivity contribution in [2.45, 2.75) is 25.7 Å². The van der Waals surface area contributed by atoms with Gasteiger partial charge in [0.2, 0.25) is 0 Å². The van der Waals surface area contributed by atoms with E-state index >= 15 is 0 Å². The molecule has 0 radical (unpaired) electrons. The highest BCUT2D eigenvalue weighted by Gasteiger charge is 2.28. The zero-order valence-electron chi connectivity index (χ0n) is 24.2. The molecule has 0 saturated heterocycles. The predicted octanol–water partition coefficient (Wildman–Crippen LogP) is 7.71. The van der Waals surface area contributed by atoms with Gasteiger partial charge in [0.05, 0.1) is 24.1 Å². The Kier molecular flexibility index (Phi) is 6.24. The first-order valence-electron chi connectivity index (χ1n) is 14.2. The molecule has 7 heteroatoms. The molecule has 0 saturated carbocycles. The summed E-state index contributed by atoms with van der Waals surface area (Å²) in [6.07, 6.45) is 4.86. The number of nitrogens with zero attached hydrogens (tertiary/aromatic N) is 2. The summed E-state index contributed by atoms with van der Waals surface area (Å²) in [6.45, 7) is 4.46. The summed E-state index contributed by atoms with van der Waals surface area (Å²) in [4.78, 5) is 29.5. The van der Waals surface area contributed by atoms with Crippen LogP contribution in [0.2, 0.25) is 0 Å². The van der Waals surface area contributed by atoms with E-state index in [-0.39, 0.29) is 11.4 Å². The summed E-state index contributed by atoms with van der Waals surface area (Å²) in [5.74, 6) is -0.376. The van der Waals surface area contributed by atoms with E-state index in [4.69, 9.17) is 20.4 Å². The number of aromatic amines is 2. The molecule has 3 aromatic heterocycles. The zero-order valence-corrected chi connectivity index (χ0v) is 24.2. The Labute approximate surface area is 249 Å². The number of esters is 1. The first kappa shape index (κ1) is 26.5. The Hall–Kier alpha value is -5.43. The number of nitrogen functional groups attached to an aromatic ring is 1. The Morgan fingerprint density at radius 3 is 2.28 bits per heavy atom. The Morgan fingerprint density at radius 1 is 0.814 bits per heavy atom. The first-order valence-corrected chi connectivity index (χ1v) is 14.2. The number of anilines is 1. The van der Waals surface area contributed by atoms with Crippen LogP contribution in [-0.2, 0) is 16.6 Å². The SMILES string of the molecule is COC(=O)c1ccc(-c2c3nc(cc4ccc(cc5nc(cc6[nH]c2cc6-c2ccc(N)cc2)CC5(C)C)[nH]4)C=C3)cc1. The number of carbonyl (C=O) groups is 1. The number of methoxy groups -OCH3 is 1. The molecule has 0 amide bonds.